The van der Waals surface area contributed by atoms with Crippen molar-refractivity contribution in [2.75, 3.05) is 19.0 Å². The summed E-state index contributed by atoms with van der Waals surface area (Å²) in [6, 6.07) is 7.67. The number of azo groups is 1. The molecule has 1 heterocycles. The molecule has 0 atom stereocenters. The molecule has 0 saturated heterocycles. The van der Waals surface area contributed by atoms with Gasteiger partial charge in [0.25, 0.3) is 0 Å². The highest BCUT2D eigenvalue weighted by Crippen LogP contribution is 2.30. The minimum absolute atomic E-state index is 0.135. The Hall–Kier alpha value is -1.50. The fourth-order valence-electron chi connectivity index (χ4n) is 1.38. The average Bonchev–Trinajstić information content (AvgIpc) is 2.77. The van der Waals surface area contributed by atoms with Gasteiger partial charge in [-0.2, -0.15) is 0 Å². The van der Waals surface area contributed by atoms with E-state index in [0.717, 1.165) is 11.4 Å². The van der Waals surface area contributed by atoms with Crippen molar-refractivity contribution >= 4 is 39.4 Å². The van der Waals surface area contributed by atoms with Gasteiger partial charge in [-0.3, -0.25) is 0 Å². The first-order valence-corrected chi connectivity index (χ1v) is 6.75. The van der Waals surface area contributed by atoms with Crippen molar-refractivity contribution < 1.29 is 5.11 Å². The number of halogens is 1. The van der Waals surface area contributed by atoms with Crippen molar-refractivity contribution in [1.29, 1.82) is 0 Å². The van der Waals surface area contributed by atoms with Crippen LogP contribution >= 0.6 is 22.9 Å². The maximum absolute atomic E-state index is 9.01. The molecule has 0 amide bonds. The summed E-state index contributed by atoms with van der Waals surface area (Å²) in [6.45, 7) is -0.135. The zero-order chi connectivity index (χ0) is 13.8. The Kier molecular flexibility index (Phi) is 4.47. The van der Waals surface area contributed by atoms with E-state index in [9.17, 15) is 0 Å². The van der Waals surface area contributed by atoms with Gasteiger partial charge in [0.05, 0.1) is 17.2 Å². The molecular weight excluding hydrogens is 284 g/mol. The van der Waals surface area contributed by atoms with Gasteiger partial charge in [0, 0.05) is 19.8 Å². The van der Waals surface area contributed by atoms with Crippen LogP contribution in [0.4, 0.5) is 16.5 Å². The number of nitrogens with zero attached hydrogens (tertiary/aromatic N) is 4. The third-order valence-electron chi connectivity index (χ3n) is 2.40. The summed E-state index contributed by atoms with van der Waals surface area (Å²) in [6.07, 6.45) is 0. The van der Waals surface area contributed by atoms with Gasteiger partial charge >= 0.3 is 0 Å². The summed E-state index contributed by atoms with van der Waals surface area (Å²) in [5, 5.41) is 17.8. The number of hydrogen-bond acceptors (Lipinski definition) is 6. The van der Waals surface area contributed by atoms with Crippen LogP contribution in [-0.4, -0.2) is 24.2 Å². The molecule has 2 rings (SSSR count). The zero-order valence-electron chi connectivity index (χ0n) is 10.5. The lowest BCUT2D eigenvalue weighted by atomic mass is 10.3. The van der Waals surface area contributed by atoms with Crippen molar-refractivity contribution in [3.05, 3.63) is 34.3 Å². The molecule has 2 aromatic rings. The van der Waals surface area contributed by atoms with Gasteiger partial charge in [-0.15, -0.1) is 10.2 Å². The molecule has 0 aliphatic rings. The second kappa shape index (κ2) is 6.10. The summed E-state index contributed by atoms with van der Waals surface area (Å²) in [4.78, 5) is 6.60. The topological polar surface area (TPSA) is 61.1 Å². The molecule has 0 radical (unpaired) electrons. The first kappa shape index (κ1) is 13.9. The number of aliphatic hydroxyl groups excluding tert-OH is 1. The quantitative estimate of drug-likeness (QED) is 0.874. The van der Waals surface area contributed by atoms with Gasteiger partial charge in [-0.05, 0) is 24.3 Å². The van der Waals surface area contributed by atoms with E-state index in [2.05, 4.69) is 15.2 Å². The van der Waals surface area contributed by atoms with Gasteiger partial charge in [0.1, 0.15) is 5.15 Å². The Morgan fingerprint density at radius 2 is 1.95 bits per heavy atom. The van der Waals surface area contributed by atoms with Crippen LogP contribution in [0.25, 0.3) is 0 Å². The van der Waals surface area contributed by atoms with Gasteiger partial charge in [-0.1, -0.05) is 22.9 Å². The third kappa shape index (κ3) is 3.50. The molecule has 7 heteroatoms. The molecular formula is C12H13ClN4OS. The van der Waals surface area contributed by atoms with Crippen LogP contribution in [0.2, 0.25) is 5.15 Å². The molecule has 5 nitrogen and oxygen atoms in total. The highest BCUT2D eigenvalue weighted by Gasteiger charge is 2.07. The molecule has 1 aromatic carbocycles. The Morgan fingerprint density at radius 3 is 2.47 bits per heavy atom. The van der Waals surface area contributed by atoms with E-state index < -0.39 is 0 Å². The monoisotopic (exact) mass is 296 g/mol. The van der Waals surface area contributed by atoms with Crippen molar-refractivity contribution in [2.45, 2.75) is 6.61 Å². The van der Waals surface area contributed by atoms with E-state index >= 15 is 0 Å². The zero-order valence-corrected chi connectivity index (χ0v) is 12.1. The van der Waals surface area contributed by atoms with E-state index in [1.165, 1.54) is 11.3 Å². The van der Waals surface area contributed by atoms with Crippen LogP contribution in [0.5, 0.6) is 0 Å². The lowest BCUT2D eigenvalue weighted by molar-refractivity contribution is 0.285. The van der Waals surface area contributed by atoms with Crippen LogP contribution in [0.3, 0.4) is 0 Å². The highest BCUT2D eigenvalue weighted by molar-refractivity contribution is 7.15. The molecule has 0 aliphatic carbocycles. The molecule has 0 fully saturated rings. The number of anilines is 1. The summed E-state index contributed by atoms with van der Waals surface area (Å²) in [5.41, 5.74) is 1.83. The SMILES string of the molecule is CN(C)c1ccc(N=Nc2nc(Cl)c(CO)s2)cc1. The molecule has 100 valence electrons. The lowest BCUT2D eigenvalue weighted by Gasteiger charge is -2.11. The standard InChI is InChI=1S/C12H13ClN4OS/c1-17(2)9-5-3-8(4-6-9)15-16-12-14-11(13)10(7-18)19-12/h3-6,18H,7H2,1-2H3. The highest BCUT2D eigenvalue weighted by atomic mass is 35.5. The van der Waals surface area contributed by atoms with Crippen molar-refractivity contribution in [3.63, 3.8) is 0 Å². The van der Waals surface area contributed by atoms with Crippen LogP contribution in [0.15, 0.2) is 34.5 Å². The fourth-order valence-corrected chi connectivity index (χ4v) is 2.32. The van der Waals surface area contributed by atoms with Gasteiger partial charge in [0.15, 0.2) is 0 Å². The first-order valence-electron chi connectivity index (χ1n) is 5.55. The Balaban J connectivity index is 2.13. The average molecular weight is 297 g/mol. The number of rotatable bonds is 4. The maximum atomic E-state index is 9.01. The third-order valence-corrected chi connectivity index (χ3v) is 3.75. The predicted molar refractivity (Wildman–Crippen MR) is 78.0 cm³/mol. The van der Waals surface area contributed by atoms with E-state index in [4.69, 9.17) is 16.7 Å². The largest absolute Gasteiger partial charge is 0.391 e. The predicted octanol–water partition coefficient (Wildman–Crippen LogP) is 3.77. The number of benzene rings is 1. The molecule has 0 bridgehead atoms. The summed E-state index contributed by atoms with van der Waals surface area (Å²) in [5.74, 6) is 0. The molecule has 0 aliphatic heterocycles. The van der Waals surface area contributed by atoms with Crippen LogP contribution in [0.1, 0.15) is 4.88 Å². The summed E-state index contributed by atoms with van der Waals surface area (Å²) >= 11 is 7.04. The Bertz CT molecular complexity index is 580. The van der Waals surface area contributed by atoms with Gasteiger partial charge in [0.2, 0.25) is 5.13 Å². The second-order valence-electron chi connectivity index (χ2n) is 3.98. The van der Waals surface area contributed by atoms with E-state index in [-0.39, 0.29) is 11.8 Å². The van der Waals surface area contributed by atoms with Gasteiger partial charge < -0.3 is 10.0 Å². The van der Waals surface area contributed by atoms with E-state index in [1.54, 1.807) is 0 Å². The number of aliphatic hydroxyl groups is 1. The van der Waals surface area contributed by atoms with Crippen LogP contribution in [-0.2, 0) is 6.61 Å². The van der Waals surface area contributed by atoms with Crippen molar-refractivity contribution in [3.8, 4) is 0 Å². The summed E-state index contributed by atoms with van der Waals surface area (Å²) < 4.78 is 0. The minimum atomic E-state index is -0.135. The Morgan fingerprint density at radius 1 is 1.26 bits per heavy atom. The minimum Gasteiger partial charge on any atom is -0.391 e. The summed E-state index contributed by atoms with van der Waals surface area (Å²) in [7, 11) is 3.95. The Labute approximate surface area is 120 Å². The molecule has 1 N–H and O–H groups in total. The van der Waals surface area contributed by atoms with Crippen LogP contribution < -0.4 is 4.90 Å². The number of hydrogen-bond donors (Lipinski definition) is 1. The molecule has 0 saturated carbocycles. The fraction of sp³-hybridized carbons (Fsp3) is 0.250. The van der Waals surface area contributed by atoms with E-state index in [0.29, 0.717) is 10.0 Å². The van der Waals surface area contributed by atoms with Crippen molar-refractivity contribution in [1.82, 2.24) is 4.98 Å². The maximum Gasteiger partial charge on any atom is 0.231 e. The first-order chi connectivity index (χ1) is 9.10. The molecule has 0 spiro atoms. The second-order valence-corrected chi connectivity index (χ2v) is 5.40. The molecule has 19 heavy (non-hydrogen) atoms. The number of aromatic nitrogens is 1. The smallest absolute Gasteiger partial charge is 0.231 e. The molecule has 0 unspecified atom stereocenters. The molecule has 1 aromatic heterocycles. The van der Waals surface area contributed by atoms with E-state index in [1.807, 2.05) is 43.3 Å². The van der Waals surface area contributed by atoms with Gasteiger partial charge in [-0.25, -0.2) is 4.98 Å². The number of thiazole rings is 1. The van der Waals surface area contributed by atoms with Crippen LogP contribution in [0, 0.1) is 0 Å². The lowest BCUT2D eigenvalue weighted by Crippen LogP contribution is -2.07. The van der Waals surface area contributed by atoms with Crippen molar-refractivity contribution in [2.24, 2.45) is 10.2 Å². The normalized spacial score (nSPS) is 11.2.